The second kappa shape index (κ2) is 7.87. The van der Waals surface area contributed by atoms with E-state index in [1.165, 1.54) is 69.8 Å². The first-order valence-corrected chi connectivity index (χ1v) is 9.17. The van der Waals surface area contributed by atoms with Crippen LogP contribution in [-0.4, -0.2) is 6.71 Å². The highest BCUT2D eigenvalue weighted by Gasteiger charge is 2.32. The molecule has 0 radical (unpaired) electrons. The highest BCUT2D eigenvalue weighted by atomic mass is 14.2. The summed E-state index contributed by atoms with van der Waals surface area (Å²) in [6.07, 6.45) is 17.1. The first-order chi connectivity index (χ1) is 10.4. The fourth-order valence-electron chi connectivity index (χ4n) is 4.52. The van der Waals surface area contributed by atoms with Crippen molar-refractivity contribution in [2.45, 2.75) is 75.8 Å². The molecule has 0 bridgehead atoms. The van der Waals surface area contributed by atoms with Crippen LogP contribution in [0.25, 0.3) is 6.08 Å². The largest absolute Gasteiger partial charge is 0.172 e. The van der Waals surface area contributed by atoms with Gasteiger partial charge in [0, 0.05) is 0 Å². The van der Waals surface area contributed by atoms with Gasteiger partial charge in [-0.25, -0.2) is 0 Å². The van der Waals surface area contributed by atoms with Gasteiger partial charge in [0.2, 0.25) is 0 Å². The topological polar surface area (TPSA) is 0 Å². The highest BCUT2D eigenvalue weighted by molar-refractivity contribution is 6.68. The molecule has 0 unspecified atom stereocenters. The molecule has 1 aromatic rings. The molecule has 0 aliphatic heterocycles. The SMILES string of the molecule is C(=C/c1ccccc1)/B(C1CCCCC1)C1CCCCC1. The van der Waals surface area contributed by atoms with Crippen LogP contribution in [0.2, 0.25) is 11.6 Å². The van der Waals surface area contributed by atoms with Crippen molar-refractivity contribution in [1.82, 2.24) is 0 Å². The van der Waals surface area contributed by atoms with Crippen LogP contribution in [0.5, 0.6) is 0 Å². The van der Waals surface area contributed by atoms with E-state index in [2.05, 4.69) is 42.4 Å². The Labute approximate surface area is 131 Å². The lowest BCUT2D eigenvalue weighted by molar-refractivity contribution is 0.464. The van der Waals surface area contributed by atoms with E-state index in [4.69, 9.17) is 0 Å². The molecule has 2 fully saturated rings. The smallest absolute Gasteiger partial charge is 0.114 e. The Balaban J connectivity index is 1.72. The van der Waals surface area contributed by atoms with Crippen LogP contribution < -0.4 is 0 Å². The molecule has 2 aliphatic carbocycles. The maximum Gasteiger partial charge on any atom is 0.172 e. The molecule has 1 aromatic carbocycles. The molecule has 2 saturated carbocycles. The summed E-state index contributed by atoms with van der Waals surface area (Å²) in [7, 11) is 0. The van der Waals surface area contributed by atoms with Crippen LogP contribution in [0.4, 0.5) is 0 Å². The highest BCUT2D eigenvalue weighted by Crippen LogP contribution is 2.42. The molecule has 21 heavy (non-hydrogen) atoms. The van der Waals surface area contributed by atoms with Crippen molar-refractivity contribution in [2.24, 2.45) is 0 Å². The van der Waals surface area contributed by atoms with E-state index in [9.17, 15) is 0 Å². The van der Waals surface area contributed by atoms with E-state index in [1.54, 1.807) is 0 Å². The van der Waals surface area contributed by atoms with Gasteiger partial charge in [0.1, 0.15) is 0 Å². The maximum absolute atomic E-state index is 2.58. The Morgan fingerprint density at radius 3 is 1.76 bits per heavy atom. The first-order valence-electron chi connectivity index (χ1n) is 9.17. The second-order valence-electron chi connectivity index (χ2n) is 7.14. The minimum absolute atomic E-state index is 0.839. The van der Waals surface area contributed by atoms with Crippen LogP contribution in [-0.2, 0) is 0 Å². The van der Waals surface area contributed by atoms with Crippen molar-refractivity contribution in [3.05, 3.63) is 41.9 Å². The van der Waals surface area contributed by atoms with Gasteiger partial charge >= 0.3 is 0 Å². The minimum Gasteiger partial charge on any atom is -0.114 e. The van der Waals surface area contributed by atoms with Crippen LogP contribution in [0, 0.1) is 0 Å². The number of hydrogen-bond donors (Lipinski definition) is 0. The zero-order chi connectivity index (χ0) is 14.3. The summed E-state index contributed by atoms with van der Waals surface area (Å²) >= 11 is 0. The molecular weight excluding hydrogens is 251 g/mol. The summed E-state index contributed by atoms with van der Waals surface area (Å²) in [5.41, 5.74) is 1.37. The fourth-order valence-corrected chi connectivity index (χ4v) is 4.52. The van der Waals surface area contributed by atoms with Gasteiger partial charge in [-0.05, 0) is 5.56 Å². The van der Waals surface area contributed by atoms with Gasteiger partial charge in [0.15, 0.2) is 6.71 Å². The third-order valence-electron chi connectivity index (χ3n) is 5.70. The lowest BCUT2D eigenvalue weighted by Gasteiger charge is -2.34. The molecule has 0 nitrogen and oxygen atoms in total. The van der Waals surface area contributed by atoms with Crippen molar-refractivity contribution in [2.75, 3.05) is 0 Å². The average molecular weight is 280 g/mol. The molecule has 0 aromatic heterocycles. The van der Waals surface area contributed by atoms with E-state index >= 15 is 0 Å². The van der Waals surface area contributed by atoms with Crippen molar-refractivity contribution in [3.8, 4) is 0 Å². The van der Waals surface area contributed by atoms with Gasteiger partial charge in [0.05, 0.1) is 0 Å². The molecule has 1 heteroatoms. The van der Waals surface area contributed by atoms with Crippen molar-refractivity contribution < 1.29 is 0 Å². The Morgan fingerprint density at radius 2 is 1.24 bits per heavy atom. The lowest BCUT2D eigenvalue weighted by Crippen LogP contribution is -2.28. The number of benzene rings is 1. The molecule has 0 spiro atoms. The molecule has 3 rings (SSSR count). The van der Waals surface area contributed by atoms with Gasteiger partial charge in [-0.3, -0.25) is 0 Å². The molecule has 112 valence electrons. The van der Waals surface area contributed by atoms with E-state index < -0.39 is 0 Å². The maximum atomic E-state index is 2.58. The van der Waals surface area contributed by atoms with E-state index in [-0.39, 0.29) is 0 Å². The molecule has 0 heterocycles. The van der Waals surface area contributed by atoms with Crippen LogP contribution in [0.15, 0.2) is 36.3 Å². The monoisotopic (exact) mass is 280 g/mol. The summed E-state index contributed by atoms with van der Waals surface area (Å²) < 4.78 is 0. The Bertz CT molecular complexity index is 406. The molecule has 0 atom stereocenters. The van der Waals surface area contributed by atoms with Gasteiger partial charge in [0.25, 0.3) is 0 Å². The predicted molar refractivity (Wildman–Crippen MR) is 94.9 cm³/mol. The Hall–Kier alpha value is -0.975. The van der Waals surface area contributed by atoms with Crippen molar-refractivity contribution in [1.29, 1.82) is 0 Å². The average Bonchev–Trinajstić information content (AvgIpc) is 2.58. The zero-order valence-electron chi connectivity index (χ0n) is 13.3. The van der Waals surface area contributed by atoms with Gasteiger partial charge in [-0.1, -0.05) is 112 Å². The zero-order valence-corrected chi connectivity index (χ0v) is 13.3. The molecular formula is C20H29B. The molecule has 0 saturated heterocycles. The van der Waals surface area contributed by atoms with Gasteiger partial charge < -0.3 is 0 Å². The normalized spacial score (nSPS) is 21.7. The summed E-state index contributed by atoms with van der Waals surface area (Å²) in [6.45, 7) is 0.839. The number of rotatable bonds is 4. The van der Waals surface area contributed by atoms with Crippen LogP contribution in [0.1, 0.15) is 69.8 Å². The third kappa shape index (κ3) is 4.25. The second-order valence-corrected chi connectivity index (χ2v) is 7.14. The van der Waals surface area contributed by atoms with Gasteiger partial charge in [-0.15, -0.1) is 5.98 Å². The van der Waals surface area contributed by atoms with Crippen molar-refractivity contribution in [3.63, 3.8) is 0 Å². The standard InChI is InChI=1S/C20H29B/c1-4-10-18(11-5-1)16-17-21(19-12-6-2-7-13-19)20-14-8-3-9-15-20/h1,4-5,10-11,16-17,19-20H,2-3,6-9,12-15H2/b17-16-. The van der Waals surface area contributed by atoms with E-state index in [0.29, 0.717) is 0 Å². The van der Waals surface area contributed by atoms with E-state index in [1.807, 2.05) is 0 Å². The molecule has 0 N–H and O–H groups in total. The first kappa shape index (κ1) is 14.9. The predicted octanol–water partition coefficient (Wildman–Crippen LogP) is 6.40. The Morgan fingerprint density at radius 1 is 0.714 bits per heavy atom. The van der Waals surface area contributed by atoms with Gasteiger partial charge in [-0.2, -0.15) is 0 Å². The fraction of sp³-hybridized carbons (Fsp3) is 0.600. The van der Waals surface area contributed by atoms with E-state index in [0.717, 1.165) is 18.3 Å². The number of hydrogen-bond acceptors (Lipinski definition) is 0. The summed E-state index contributed by atoms with van der Waals surface area (Å²) in [5.74, 6) is 4.50. The summed E-state index contributed by atoms with van der Waals surface area (Å²) in [6, 6.07) is 10.9. The van der Waals surface area contributed by atoms with Crippen LogP contribution in [0.3, 0.4) is 0 Å². The third-order valence-corrected chi connectivity index (χ3v) is 5.70. The minimum atomic E-state index is 0.839. The summed E-state index contributed by atoms with van der Waals surface area (Å²) in [5, 5.41) is 0. The molecule has 2 aliphatic rings. The molecule has 0 amide bonds. The van der Waals surface area contributed by atoms with Crippen molar-refractivity contribution >= 4 is 12.8 Å². The Kier molecular flexibility index (Phi) is 5.60. The summed E-state index contributed by atoms with van der Waals surface area (Å²) in [4.78, 5) is 0. The quantitative estimate of drug-likeness (QED) is 0.559. The lowest BCUT2D eigenvalue weighted by atomic mass is 9.30. The van der Waals surface area contributed by atoms with Crippen LogP contribution >= 0.6 is 0 Å².